The Balaban J connectivity index is 1.62. The van der Waals surface area contributed by atoms with Gasteiger partial charge in [0.05, 0.1) is 11.3 Å². The van der Waals surface area contributed by atoms with Gasteiger partial charge in [-0.25, -0.2) is 0 Å². The van der Waals surface area contributed by atoms with E-state index in [1.54, 1.807) is 11.8 Å². The van der Waals surface area contributed by atoms with Crippen molar-refractivity contribution in [2.24, 2.45) is 0 Å². The summed E-state index contributed by atoms with van der Waals surface area (Å²) in [5.74, 6) is 2.02. The van der Waals surface area contributed by atoms with Crippen LogP contribution in [-0.4, -0.2) is 24.7 Å². The highest BCUT2D eigenvalue weighted by atomic mass is 32.2. The van der Waals surface area contributed by atoms with Crippen LogP contribution in [0.1, 0.15) is 37.0 Å². The maximum atomic E-state index is 5.29. The topological polar surface area (TPSA) is 69.1 Å². The fourth-order valence-electron chi connectivity index (χ4n) is 2.88. The second-order valence-corrected chi connectivity index (χ2v) is 6.96. The summed E-state index contributed by atoms with van der Waals surface area (Å²) in [7, 11) is 0. The number of hydrogen-bond acceptors (Lipinski definition) is 6. The van der Waals surface area contributed by atoms with Gasteiger partial charge in [-0.2, -0.15) is 4.98 Å². The third-order valence-electron chi connectivity index (χ3n) is 4.16. The Morgan fingerprint density at radius 3 is 2.96 bits per heavy atom. The number of rotatable bonds is 6. The number of nitrogens with zero attached hydrogens (tertiary/aromatic N) is 5. The first-order chi connectivity index (χ1) is 12.3. The van der Waals surface area contributed by atoms with Gasteiger partial charge in [0.25, 0.3) is 0 Å². The van der Waals surface area contributed by atoms with Crippen molar-refractivity contribution in [1.29, 1.82) is 0 Å². The lowest BCUT2D eigenvalue weighted by atomic mass is 10.1. The molecule has 0 fully saturated rings. The monoisotopic (exact) mass is 353 g/mol. The first-order valence-corrected chi connectivity index (χ1v) is 9.42. The normalized spacial score (nSPS) is 11.6. The Labute approximate surface area is 149 Å². The molecule has 128 valence electrons. The third-order valence-corrected chi connectivity index (χ3v) is 5.08. The van der Waals surface area contributed by atoms with E-state index in [9.17, 15) is 0 Å². The van der Waals surface area contributed by atoms with Crippen molar-refractivity contribution in [3.05, 3.63) is 47.6 Å². The summed E-state index contributed by atoms with van der Waals surface area (Å²) in [6.07, 6.45) is 3.02. The Morgan fingerprint density at radius 2 is 2.08 bits per heavy atom. The van der Waals surface area contributed by atoms with E-state index in [0.717, 1.165) is 35.6 Å². The van der Waals surface area contributed by atoms with E-state index < -0.39 is 0 Å². The minimum atomic E-state index is 0.610. The van der Waals surface area contributed by atoms with Gasteiger partial charge in [0.1, 0.15) is 0 Å². The molecule has 0 N–H and O–H groups in total. The van der Waals surface area contributed by atoms with E-state index in [-0.39, 0.29) is 0 Å². The van der Waals surface area contributed by atoms with Gasteiger partial charge in [-0.15, -0.1) is 10.2 Å². The summed E-state index contributed by atoms with van der Waals surface area (Å²) in [6.45, 7) is 4.25. The number of benzene rings is 1. The van der Waals surface area contributed by atoms with Gasteiger partial charge in [-0.3, -0.25) is 4.40 Å². The highest BCUT2D eigenvalue weighted by Gasteiger charge is 2.13. The van der Waals surface area contributed by atoms with E-state index in [2.05, 4.69) is 62.9 Å². The van der Waals surface area contributed by atoms with Gasteiger partial charge < -0.3 is 4.52 Å². The molecule has 25 heavy (non-hydrogen) atoms. The summed E-state index contributed by atoms with van der Waals surface area (Å²) < 4.78 is 7.38. The van der Waals surface area contributed by atoms with E-state index >= 15 is 0 Å². The number of hydrogen-bond donors (Lipinski definition) is 0. The van der Waals surface area contributed by atoms with Crippen LogP contribution in [0.2, 0.25) is 0 Å². The lowest BCUT2D eigenvalue weighted by Gasteiger charge is -2.06. The van der Waals surface area contributed by atoms with Crippen LogP contribution >= 0.6 is 11.8 Å². The highest BCUT2D eigenvalue weighted by Crippen LogP contribution is 2.27. The van der Waals surface area contributed by atoms with Crippen molar-refractivity contribution in [1.82, 2.24) is 24.7 Å². The van der Waals surface area contributed by atoms with Crippen LogP contribution in [0.25, 0.3) is 16.6 Å². The fourth-order valence-corrected chi connectivity index (χ4v) is 3.67. The lowest BCUT2D eigenvalue weighted by molar-refractivity contribution is 0.371. The molecule has 3 aromatic heterocycles. The standard InChI is InChI=1S/C18H19N5OS/c1-3-4-9-17-19-15(22-24-17)11-25-18-21-20-16-10-12(2)13-7-5-6-8-14(13)23(16)18/h5-8,10H,3-4,9,11H2,1-2H3. The van der Waals surface area contributed by atoms with Crippen LogP contribution in [0, 0.1) is 6.92 Å². The Hall–Kier alpha value is -2.41. The highest BCUT2D eigenvalue weighted by molar-refractivity contribution is 7.98. The maximum Gasteiger partial charge on any atom is 0.226 e. The number of fused-ring (bicyclic) bond motifs is 3. The fraction of sp³-hybridized carbons (Fsp3) is 0.333. The second-order valence-electron chi connectivity index (χ2n) is 6.02. The quantitative estimate of drug-likeness (QED) is 0.484. The molecule has 0 amide bonds. The molecule has 0 atom stereocenters. The van der Waals surface area contributed by atoms with E-state index in [4.69, 9.17) is 4.52 Å². The largest absolute Gasteiger partial charge is 0.339 e. The van der Waals surface area contributed by atoms with Gasteiger partial charge in [0.15, 0.2) is 16.6 Å². The second kappa shape index (κ2) is 6.84. The minimum Gasteiger partial charge on any atom is -0.339 e. The zero-order valence-corrected chi connectivity index (χ0v) is 15.1. The molecule has 4 aromatic rings. The minimum absolute atomic E-state index is 0.610. The zero-order chi connectivity index (χ0) is 17.2. The summed E-state index contributed by atoms with van der Waals surface area (Å²) in [6, 6.07) is 10.4. The van der Waals surface area contributed by atoms with E-state index in [0.29, 0.717) is 17.5 Å². The summed E-state index contributed by atoms with van der Waals surface area (Å²) >= 11 is 1.57. The van der Waals surface area contributed by atoms with Crippen LogP contribution in [0.3, 0.4) is 0 Å². The Kier molecular flexibility index (Phi) is 4.40. The van der Waals surface area contributed by atoms with Crippen molar-refractivity contribution >= 4 is 28.3 Å². The van der Waals surface area contributed by atoms with Crippen LogP contribution in [0.15, 0.2) is 40.0 Å². The van der Waals surface area contributed by atoms with Gasteiger partial charge in [0.2, 0.25) is 5.89 Å². The Morgan fingerprint density at radius 1 is 1.20 bits per heavy atom. The van der Waals surface area contributed by atoms with Crippen molar-refractivity contribution in [2.45, 2.75) is 44.0 Å². The van der Waals surface area contributed by atoms with Crippen LogP contribution in [0.5, 0.6) is 0 Å². The molecular weight excluding hydrogens is 334 g/mol. The van der Waals surface area contributed by atoms with Gasteiger partial charge in [-0.1, -0.05) is 48.5 Å². The summed E-state index contributed by atoms with van der Waals surface area (Å²) in [5, 5.41) is 14.8. The average molecular weight is 353 g/mol. The van der Waals surface area contributed by atoms with Gasteiger partial charge >= 0.3 is 0 Å². The number of pyridine rings is 1. The number of unbranched alkanes of at least 4 members (excludes halogenated alkanes) is 1. The molecule has 0 aliphatic heterocycles. The predicted octanol–water partition coefficient (Wildman–Crippen LogP) is 4.21. The first kappa shape index (κ1) is 16.1. The number of aryl methyl sites for hydroxylation is 2. The molecule has 0 spiro atoms. The van der Waals surface area contributed by atoms with E-state index in [1.165, 1.54) is 10.9 Å². The molecule has 7 heteroatoms. The zero-order valence-electron chi connectivity index (χ0n) is 14.3. The molecule has 0 radical (unpaired) electrons. The first-order valence-electron chi connectivity index (χ1n) is 8.44. The van der Waals surface area contributed by atoms with Crippen LogP contribution < -0.4 is 0 Å². The SMILES string of the molecule is CCCCc1nc(CSc2nnc3cc(C)c4ccccc4n23)no1. The van der Waals surface area contributed by atoms with Crippen LogP contribution in [-0.2, 0) is 12.2 Å². The average Bonchev–Trinajstić information content (AvgIpc) is 3.25. The molecule has 0 unspecified atom stereocenters. The molecular formula is C18H19N5OS. The van der Waals surface area contributed by atoms with Crippen molar-refractivity contribution in [3.63, 3.8) is 0 Å². The number of para-hydroxylation sites is 1. The van der Waals surface area contributed by atoms with Gasteiger partial charge in [-0.05, 0) is 31.0 Å². The van der Waals surface area contributed by atoms with Crippen molar-refractivity contribution in [2.75, 3.05) is 0 Å². The molecule has 6 nitrogen and oxygen atoms in total. The smallest absolute Gasteiger partial charge is 0.226 e. The predicted molar refractivity (Wildman–Crippen MR) is 97.7 cm³/mol. The molecule has 4 rings (SSSR count). The van der Waals surface area contributed by atoms with E-state index in [1.807, 2.05) is 6.07 Å². The number of aromatic nitrogens is 5. The summed E-state index contributed by atoms with van der Waals surface area (Å²) in [4.78, 5) is 4.45. The van der Waals surface area contributed by atoms with Gasteiger partial charge in [0, 0.05) is 11.8 Å². The molecule has 0 aliphatic rings. The molecule has 0 bridgehead atoms. The molecule has 0 aliphatic carbocycles. The van der Waals surface area contributed by atoms with Crippen LogP contribution in [0.4, 0.5) is 0 Å². The summed E-state index contributed by atoms with van der Waals surface area (Å²) in [5.41, 5.74) is 3.17. The molecule has 3 heterocycles. The van der Waals surface area contributed by atoms with Crippen molar-refractivity contribution in [3.8, 4) is 0 Å². The molecule has 0 saturated heterocycles. The third kappa shape index (κ3) is 3.11. The molecule has 1 aromatic carbocycles. The molecule has 0 saturated carbocycles. The maximum absolute atomic E-state index is 5.29. The lowest BCUT2D eigenvalue weighted by Crippen LogP contribution is -1.94. The Bertz CT molecular complexity index is 1020. The van der Waals surface area contributed by atoms with Crippen molar-refractivity contribution < 1.29 is 4.52 Å². The number of thioether (sulfide) groups is 1.